The lowest BCUT2D eigenvalue weighted by atomic mass is 10.6. The summed E-state index contributed by atoms with van der Waals surface area (Å²) in [6, 6.07) is 2.81. The van der Waals surface area contributed by atoms with Crippen molar-refractivity contribution in [3.63, 3.8) is 0 Å². The molecule has 0 radical (unpaired) electrons. The second kappa shape index (κ2) is 5.29. The Bertz CT molecular complexity index is 605. The summed E-state index contributed by atoms with van der Waals surface area (Å²) in [5.74, 6) is 1.01. The average Bonchev–Trinajstić information content (AvgIpc) is 2.41. The largest absolute Gasteiger partial charge is 0.403 e. The molecular weight excluding hydrogens is 250 g/mol. The maximum Gasteiger partial charge on any atom is 0.330 e. The number of hydrogen-bond donors (Lipinski definition) is 2. The van der Waals surface area contributed by atoms with Crippen molar-refractivity contribution in [2.45, 2.75) is 0 Å². The molecule has 0 unspecified atom stereocenters. The molecule has 0 bridgehead atoms. The molecule has 0 aliphatic heterocycles. The Morgan fingerprint density at radius 2 is 2.05 bits per heavy atom. The van der Waals surface area contributed by atoms with Crippen LogP contribution in [-0.2, 0) is 0 Å². The number of nitrogens with zero attached hydrogens (tertiary/aromatic N) is 5. The Morgan fingerprint density at radius 3 is 2.63 bits per heavy atom. The summed E-state index contributed by atoms with van der Waals surface area (Å²) in [4.78, 5) is 24.9. The first-order valence-electron chi connectivity index (χ1n) is 5.43. The normalized spacial score (nSPS) is 10.1. The lowest BCUT2D eigenvalue weighted by Gasteiger charge is -2.12. The number of anilines is 2. The Labute approximate surface area is 108 Å². The predicted molar refractivity (Wildman–Crippen MR) is 68.6 cm³/mol. The van der Waals surface area contributed by atoms with Crippen LogP contribution >= 0.6 is 0 Å². The predicted octanol–water partition coefficient (Wildman–Crippen LogP) is -0.145. The van der Waals surface area contributed by atoms with E-state index in [1.54, 1.807) is 26.0 Å². The van der Waals surface area contributed by atoms with Gasteiger partial charge in [0.25, 0.3) is 5.56 Å². The highest BCUT2D eigenvalue weighted by Crippen LogP contribution is 2.17. The molecule has 0 saturated heterocycles. The number of hydrogen-bond acceptors (Lipinski definition) is 8. The number of H-pyrrole nitrogens is 1. The second-order valence-electron chi connectivity index (χ2n) is 3.75. The third-order valence-electron chi connectivity index (χ3n) is 2.08. The smallest absolute Gasteiger partial charge is 0.330 e. The minimum Gasteiger partial charge on any atom is -0.403 e. The van der Waals surface area contributed by atoms with Crippen molar-refractivity contribution < 1.29 is 4.74 Å². The molecule has 0 amide bonds. The van der Waals surface area contributed by atoms with E-state index in [9.17, 15) is 4.79 Å². The van der Waals surface area contributed by atoms with Crippen LogP contribution in [-0.4, -0.2) is 46.3 Å². The fraction of sp³-hybridized carbons (Fsp3) is 0.300. The van der Waals surface area contributed by atoms with Crippen molar-refractivity contribution in [1.82, 2.24) is 25.1 Å². The van der Waals surface area contributed by atoms with Gasteiger partial charge in [-0.25, -0.2) is 5.10 Å². The first-order valence-corrected chi connectivity index (χ1v) is 5.43. The van der Waals surface area contributed by atoms with Crippen molar-refractivity contribution in [2.75, 3.05) is 31.4 Å². The Balaban J connectivity index is 2.31. The van der Waals surface area contributed by atoms with Crippen LogP contribution in [0.5, 0.6) is 11.9 Å². The van der Waals surface area contributed by atoms with Gasteiger partial charge in [-0.05, 0) is 0 Å². The van der Waals surface area contributed by atoms with Crippen LogP contribution in [0.3, 0.4) is 0 Å². The maximum absolute atomic E-state index is 10.9. The van der Waals surface area contributed by atoms with Crippen molar-refractivity contribution in [2.24, 2.45) is 0 Å². The molecule has 100 valence electrons. The summed E-state index contributed by atoms with van der Waals surface area (Å²) in [5.41, 5.74) is -0.312. The molecule has 2 aromatic rings. The number of ether oxygens (including phenoxy) is 1. The van der Waals surface area contributed by atoms with Gasteiger partial charge in [-0.3, -0.25) is 4.79 Å². The van der Waals surface area contributed by atoms with E-state index in [0.717, 1.165) is 0 Å². The zero-order chi connectivity index (χ0) is 13.8. The minimum absolute atomic E-state index is 0.0857. The van der Waals surface area contributed by atoms with E-state index in [2.05, 4.69) is 30.5 Å². The van der Waals surface area contributed by atoms with E-state index in [1.165, 1.54) is 12.1 Å². The molecule has 2 N–H and O–H groups in total. The Morgan fingerprint density at radius 1 is 1.26 bits per heavy atom. The van der Waals surface area contributed by atoms with Crippen LogP contribution in [0.1, 0.15) is 0 Å². The Kier molecular flexibility index (Phi) is 3.55. The molecule has 19 heavy (non-hydrogen) atoms. The van der Waals surface area contributed by atoms with Gasteiger partial charge in [0.05, 0.1) is 0 Å². The van der Waals surface area contributed by atoms with Crippen molar-refractivity contribution in [3.05, 3.63) is 22.5 Å². The van der Waals surface area contributed by atoms with Crippen molar-refractivity contribution in [1.29, 1.82) is 0 Å². The SMILES string of the molecule is CNc1nc(Oc2ccc(=O)[nH]n2)nc(N(C)C)n1. The zero-order valence-corrected chi connectivity index (χ0v) is 10.7. The first kappa shape index (κ1) is 12.7. The highest BCUT2D eigenvalue weighted by molar-refractivity contribution is 5.37. The number of aromatic nitrogens is 5. The van der Waals surface area contributed by atoms with Crippen LogP contribution in [0.15, 0.2) is 16.9 Å². The third-order valence-corrected chi connectivity index (χ3v) is 2.08. The molecule has 2 rings (SSSR count). The highest BCUT2D eigenvalue weighted by atomic mass is 16.5. The fourth-order valence-electron chi connectivity index (χ4n) is 1.19. The molecular formula is C10H13N7O2. The molecule has 2 heterocycles. The number of nitrogens with one attached hydrogen (secondary N) is 2. The third kappa shape index (κ3) is 3.15. The number of aromatic amines is 1. The average molecular weight is 263 g/mol. The number of rotatable bonds is 4. The molecule has 0 fully saturated rings. The molecule has 0 saturated carbocycles. The molecule has 9 heteroatoms. The summed E-state index contributed by atoms with van der Waals surface area (Å²) < 4.78 is 5.36. The summed E-state index contributed by atoms with van der Waals surface area (Å²) in [6.07, 6.45) is 0. The van der Waals surface area contributed by atoms with Crippen LogP contribution in [0, 0.1) is 0 Å². The lowest BCUT2D eigenvalue weighted by molar-refractivity contribution is 0.417. The van der Waals surface area contributed by atoms with E-state index in [1.807, 2.05) is 0 Å². The summed E-state index contributed by atoms with van der Waals surface area (Å²) in [5, 5.41) is 8.78. The molecule has 0 aliphatic carbocycles. The van der Waals surface area contributed by atoms with Crippen LogP contribution in [0.4, 0.5) is 11.9 Å². The minimum atomic E-state index is -0.312. The molecule has 2 aromatic heterocycles. The van der Waals surface area contributed by atoms with Gasteiger partial charge in [0.1, 0.15) is 0 Å². The van der Waals surface area contributed by atoms with Gasteiger partial charge in [-0.1, -0.05) is 0 Å². The standard InChI is InChI=1S/C10H13N7O2/c1-11-8-12-9(17(2)3)14-10(13-8)19-7-5-4-6(18)15-16-7/h4-5H,1-3H3,(H,15,18)(H,11,12,13,14). The second-order valence-corrected chi connectivity index (χ2v) is 3.75. The molecule has 0 atom stereocenters. The van der Waals surface area contributed by atoms with E-state index >= 15 is 0 Å². The van der Waals surface area contributed by atoms with E-state index in [0.29, 0.717) is 11.9 Å². The van der Waals surface area contributed by atoms with E-state index in [4.69, 9.17) is 4.74 Å². The maximum atomic E-state index is 10.9. The van der Waals surface area contributed by atoms with Gasteiger partial charge in [-0.2, -0.15) is 15.0 Å². The summed E-state index contributed by atoms with van der Waals surface area (Å²) in [6.45, 7) is 0. The zero-order valence-electron chi connectivity index (χ0n) is 10.7. The van der Waals surface area contributed by atoms with Gasteiger partial charge in [-0.15, -0.1) is 5.10 Å². The molecule has 0 spiro atoms. The van der Waals surface area contributed by atoms with Gasteiger partial charge >= 0.3 is 6.01 Å². The fourth-order valence-corrected chi connectivity index (χ4v) is 1.19. The Hall–Kier alpha value is -2.71. The highest BCUT2D eigenvalue weighted by Gasteiger charge is 2.09. The lowest BCUT2D eigenvalue weighted by Crippen LogP contribution is -2.15. The summed E-state index contributed by atoms with van der Waals surface area (Å²) in [7, 11) is 5.30. The molecule has 0 aromatic carbocycles. The van der Waals surface area contributed by atoms with E-state index < -0.39 is 0 Å². The van der Waals surface area contributed by atoms with Crippen LogP contribution < -0.4 is 20.5 Å². The van der Waals surface area contributed by atoms with Gasteiger partial charge < -0.3 is 15.0 Å². The van der Waals surface area contributed by atoms with Crippen LogP contribution in [0.2, 0.25) is 0 Å². The monoisotopic (exact) mass is 263 g/mol. The summed E-state index contributed by atoms with van der Waals surface area (Å²) >= 11 is 0. The van der Waals surface area contributed by atoms with Gasteiger partial charge in [0.15, 0.2) is 0 Å². The quantitative estimate of drug-likeness (QED) is 0.784. The van der Waals surface area contributed by atoms with Gasteiger partial charge in [0.2, 0.25) is 17.8 Å². The van der Waals surface area contributed by atoms with Crippen molar-refractivity contribution in [3.8, 4) is 11.9 Å². The molecule has 9 nitrogen and oxygen atoms in total. The first-order chi connectivity index (χ1) is 9.08. The van der Waals surface area contributed by atoms with Crippen molar-refractivity contribution >= 4 is 11.9 Å². The van der Waals surface area contributed by atoms with E-state index in [-0.39, 0.29) is 17.4 Å². The van der Waals surface area contributed by atoms with Crippen LogP contribution in [0.25, 0.3) is 0 Å². The topological polar surface area (TPSA) is 109 Å². The van der Waals surface area contributed by atoms with Gasteiger partial charge in [0, 0.05) is 33.3 Å². The molecule has 0 aliphatic rings.